The van der Waals surface area contributed by atoms with Gasteiger partial charge in [-0.3, -0.25) is 4.90 Å². The topological polar surface area (TPSA) is 39.6 Å². The Labute approximate surface area is 103 Å². The molecule has 2 heterocycles. The van der Waals surface area contributed by atoms with Gasteiger partial charge in [-0.25, -0.2) is 4.98 Å². The Morgan fingerprint density at radius 1 is 1.24 bits per heavy atom. The number of rotatable bonds is 4. The third-order valence-corrected chi connectivity index (χ3v) is 3.19. The van der Waals surface area contributed by atoms with E-state index in [1.54, 1.807) is 0 Å². The van der Waals surface area contributed by atoms with Crippen LogP contribution in [0, 0.1) is 0 Å². The first-order valence-electron chi connectivity index (χ1n) is 6.37. The van der Waals surface area contributed by atoms with E-state index in [0.29, 0.717) is 0 Å². The molecule has 0 radical (unpaired) electrons. The third-order valence-electron chi connectivity index (χ3n) is 3.19. The van der Waals surface area contributed by atoms with E-state index >= 15 is 0 Å². The molecule has 1 aliphatic heterocycles. The Balaban J connectivity index is 1.95. The van der Waals surface area contributed by atoms with Crippen molar-refractivity contribution in [1.82, 2.24) is 9.88 Å². The second kappa shape index (κ2) is 5.98. The summed E-state index contributed by atoms with van der Waals surface area (Å²) in [5.41, 5.74) is 0.749. The van der Waals surface area contributed by atoms with Crippen LogP contribution in [0.2, 0.25) is 0 Å². The van der Waals surface area contributed by atoms with Crippen LogP contribution in [0.25, 0.3) is 0 Å². The summed E-state index contributed by atoms with van der Waals surface area (Å²) in [6, 6.07) is 5.85. The van der Waals surface area contributed by atoms with Gasteiger partial charge in [0.25, 0.3) is 0 Å². The molecule has 1 aromatic rings. The van der Waals surface area contributed by atoms with E-state index in [4.69, 9.17) is 5.11 Å². The maximum absolute atomic E-state index is 9.08. The van der Waals surface area contributed by atoms with Crippen LogP contribution in [0.5, 0.6) is 0 Å². The molecule has 0 saturated carbocycles. The summed E-state index contributed by atoms with van der Waals surface area (Å²) in [6.07, 6.45) is 1.22. The van der Waals surface area contributed by atoms with Crippen molar-refractivity contribution >= 4 is 5.82 Å². The van der Waals surface area contributed by atoms with E-state index in [1.807, 2.05) is 18.2 Å². The van der Waals surface area contributed by atoms with Crippen molar-refractivity contribution in [2.75, 3.05) is 37.6 Å². The van der Waals surface area contributed by atoms with Crippen LogP contribution in [-0.2, 0) is 6.61 Å². The molecule has 1 N–H and O–H groups in total. The van der Waals surface area contributed by atoms with Crippen LogP contribution in [-0.4, -0.2) is 47.7 Å². The van der Waals surface area contributed by atoms with Gasteiger partial charge >= 0.3 is 0 Å². The Bertz CT molecular complexity index is 348. The maximum Gasteiger partial charge on any atom is 0.128 e. The zero-order chi connectivity index (χ0) is 12.1. The predicted molar refractivity (Wildman–Crippen MR) is 69.1 cm³/mol. The number of anilines is 1. The summed E-state index contributed by atoms with van der Waals surface area (Å²) >= 11 is 0. The molecule has 1 aromatic heterocycles. The highest BCUT2D eigenvalue weighted by atomic mass is 16.3. The van der Waals surface area contributed by atoms with Crippen LogP contribution in [0.15, 0.2) is 18.2 Å². The molecule has 1 saturated heterocycles. The zero-order valence-corrected chi connectivity index (χ0v) is 10.5. The van der Waals surface area contributed by atoms with Crippen LogP contribution in [0.3, 0.4) is 0 Å². The summed E-state index contributed by atoms with van der Waals surface area (Å²) in [5.74, 6) is 0.993. The Morgan fingerprint density at radius 3 is 2.65 bits per heavy atom. The van der Waals surface area contributed by atoms with Gasteiger partial charge in [0.1, 0.15) is 5.82 Å². The van der Waals surface area contributed by atoms with Gasteiger partial charge in [0, 0.05) is 26.2 Å². The summed E-state index contributed by atoms with van der Waals surface area (Å²) in [4.78, 5) is 9.23. The maximum atomic E-state index is 9.08. The molecule has 1 aliphatic rings. The minimum Gasteiger partial charge on any atom is -0.390 e. The number of piperazine rings is 1. The van der Waals surface area contributed by atoms with Gasteiger partial charge in [-0.1, -0.05) is 13.0 Å². The molecule has 17 heavy (non-hydrogen) atoms. The van der Waals surface area contributed by atoms with Crippen molar-refractivity contribution in [3.8, 4) is 0 Å². The highest BCUT2D eigenvalue weighted by Crippen LogP contribution is 2.14. The summed E-state index contributed by atoms with van der Waals surface area (Å²) in [6.45, 7) is 7.71. The lowest BCUT2D eigenvalue weighted by molar-refractivity contribution is 0.257. The van der Waals surface area contributed by atoms with Crippen molar-refractivity contribution in [3.05, 3.63) is 23.9 Å². The minimum atomic E-state index is 0.0175. The first-order valence-corrected chi connectivity index (χ1v) is 6.37. The van der Waals surface area contributed by atoms with Crippen molar-refractivity contribution in [2.24, 2.45) is 0 Å². The van der Waals surface area contributed by atoms with Gasteiger partial charge in [-0.2, -0.15) is 0 Å². The van der Waals surface area contributed by atoms with Gasteiger partial charge in [0.05, 0.1) is 12.3 Å². The molecule has 1 fully saturated rings. The van der Waals surface area contributed by atoms with Gasteiger partial charge in [-0.15, -0.1) is 0 Å². The summed E-state index contributed by atoms with van der Waals surface area (Å²) < 4.78 is 0. The Hall–Kier alpha value is -1.13. The number of hydrogen-bond donors (Lipinski definition) is 1. The molecular weight excluding hydrogens is 214 g/mol. The third kappa shape index (κ3) is 3.17. The van der Waals surface area contributed by atoms with E-state index < -0.39 is 0 Å². The molecule has 0 atom stereocenters. The average molecular weight is 235 g/mol. The molecule has 0 amide bonds. The second-order valence-electron chi connectivity index (χ2n) is 4.47. The van der Waals surface area contributed by atoms with Crippen LogP contribution < -0.4 is 4.90 Å². The molecule has 4 nitrogen and oxygen atoms in total. The fourth-order valence-corrected chi connectivity index (χ4v) is 2.25. The summed E-state index contributed by atoms with van der Waals surface area (Å²) in [7, 11) is 0. The van der Waals surface area contributed by atoms with E-state index in [0.717, 1.165) is 37.7 Å². The number of hydrogen-bond acceptors (Lipinski definition) is 4. The standard InChI is InChI=1S/C13H21N3O/c1-2-6-15-7-9-16(10-8-15)13-5-3-4-12(11-17)14-13/h3-5,17H,2,6-11H2,1H3. The van der Waals surface area contributed by atoms with E-state index in [2.05, 4.69) is 21.7 Å². The smallest absolute Gasteiger partial charge is 0.128 e. The first kappa shape index (κ1) is 12.3. The molecule has 0 spiro atoms. The lowest BCUT2D eigenvalue weighted by atomic mass is 10.2. The lowest BCUT2D eigenvalue weighted by Crippen LogP contribution is -2.46. The fourth-order valence-electron chi connectivity index (χ4n) is 2.25. The van der Waals surface area contributed by atoms with Gasteiger partial charge in [-0.05, 0) is 25.1 Å². The van der Waals surface area contributed by atoms with Crippen LogP contribution in [0.1, 0.15) is 19.0 Å². The molecular formula is C13H21N3O. The highest BCUT2D eigenvalue weighted by molar-refractivity contribution is 5.39. The molecule has 4 heteroatoms. The van der Waals surface area contributed by atoms with Gasteiger partial charge < -0.3 is 10.0 Å². The largest absolute Gasteiger partial charge is 0.390 e. The molecule has 0 aliphatic carbocycles. The number of aliphatic hydroxyl groups excluding tert-OH is 1. The van der Waals surface area contributed by atoms with Crippen molar-refractivity contribution in [2.45, 2.75) is 20.0 Å². The zero-order valence-electron chi connectivity index (χ0n) is 10.5. The predicted octanol–water partition coefficient (Wildman–Crippen LogP) is 1.11. The number of aliphatic hydroxyl groups is 1. The lowest BCUT2D eigenvalue weighted by Gasteiger charge is -2.35. The van der Waals surface area contributed by atoms with Crippen molar-refractivity contribution in [3.63, 3.8) is 0 Å². The monoisotopic (exact) mass is 235 g/mol. The van der Waals surface area contributed by atoms with Crippen molar-refractivity contribution < 1.29 is 5.11 Å². The molecule has 0 aromatic carbocycles. The fraction of sp³-hybridized carbons (Fsp3) is 0.615. The molecule has 0 bridgehead atoms. The number of pyridine rings is 1. The summed E-state index contributed by atoms with van der Waals surface area (Å²) in [5, 5.41) is 9.08. The van der Waals surface area contributed by atoms with Gasteiger partial charge in [0.2, 0.25) is 0 Å². The number of nitrogens with zero attached hydrogens (tertiary/aromatic N) is 3. The second-order valence-corrected chi connectivity index (χ2v) is 4.47. The minimum absolute atomic E-state index is 0.0175. The Morgan fingerprint density at radius 2 is 2.00 bits per heavy atom. The van der Waals surface area contributed by atoms with Crippen LogP contribution in [0.4, 0.5) is 5.82 Å². The van der Waals surface area contributed by atoms with Gasteiger partial charge in [0.15, 0.2) is 0 Å². The van der Waals surface area contributed by atoms with E-state index in [-0.39, 0.29) is 6.61 Å². The van der Waals surface area contributed by atoms with Crippen molar-refractivity contribution in [1.29, 1.82) is 0 Å². The average Bonchev–Trinajstić information content (AvgIpc) is 2.40. The first-order chi connectivity index (χ1) is 8.33. The molecule has 2 rings (SSSR count). The number of aromatic nitrogens is 1. The normalized spacial score (nSPS) is 17.4. The van der Waals surface area contributed by atoms with Crippen LogP contribution >= 0.6 is 0 Å². The quantitative estimate of drug-likeness (QED) is 0.848. The highest BCUT2D eigenvalue weighted by Gasteiger charge is 2.17. The molecule has 94 valence electrons. The van der Waals surface area contributed by atoms with E-state index in [1.165, 1.54) is 13.0 Å². The molecule has 0 unspecified atom stereocenters. The van der Waals surface area contributed by atoms with E-state index in [9.17, 15) is 0 Å². The SMILES string of the molecule is CCCN1CCN(c2cccc(CO)n2)CC1. The Kier molecular flexibility index (Phi) is 4.34.